The number of rotatable bonds is 4. The van der Waals surface area contributed by atoms with Crippen molar-refractivity contribution in [2.75, 3.05) is 0 Å². The summed E-state index contributed by atoms with van der Waals surface area (Å²) in [4.78, 5) is 13.5. The Labute approximate surface area is 196 Å². The molecule has 1 aromatic carbocycles. The van der Waals surface area contributed by atoms with E-state index in [0.717, 1.165) is 28.0 Å². The molecule has 7 nitrogen and oxygen atoms in total. The minimum Gasteiger partial charge on any atom is -0.362 e. The molecule has 2 unspecified atom stereocenters. The zero-order chi connectivity index (χ0) is 23.9. The number of nitrogens with zero attached hydrogens (tertiary/aromatic N) is 4. The van der Waals surface area contributed by atoms with E-state index in [1.54, 1.807) is 18.6 Å². The second-order valence-electron chi connectivity index (χ2n) is 10.3. The smallest absolute Gasteiger partial charge is 0.272 e. The molecular weight excluding hydrogens is 438 g/mol. The number of halogens is 2. The van der Waals surface area contributed by atoms with Crippen LogP contribution < -0.4 is 10.6 Å². The van der Waals surface area contributed by atoms with Gasteiger partial charge in [-0.3, -0.25) is 9.48 Å². The van der Waals surface area contributed by atoms with Crippen LogP contribution in [0.15, 0.2) is 69.9 Å². The molecule has 4 aliphatic rings. The van der Waals surface area contributed by atoms with Crippen molar-refractivity contribution in [3.63, 3.8) is 0 Å². The molecule has 176 valence electrons. The summed E-state index contributed by atoms with van der Waals surface area (Å²) in [6.07, 6.45) is 5.88. The Kier molecular flexibility index (Phi) is 4.26. The van der Waals surface area contributed by atoms with E-state index in [9.17, 15) is 13.6 Å². The molecule has 1 saturated carbocycles. The minimum absolute atomic E-state index is 0.0963. The van der Waals surface area contributed by atoms with E-state index < -0.39 is 17.4 Å². The first-order chi connectivity index (χ1) is 16.1. The Morgan fingerprint density at radius 2 is 2.03 bits per heavy atom. The van der Waals surface area contributed by atoms with Gasteiger partial charge in [0.05, 0.1) is 23.4 Å². The lowest BCUT2D eigenvalue weighted by Crippen LogP contribution is -2.58. The van der Waals surface area contributed by atoms with Gasteiger partial charge in [0, 0.05) is 41.4 Å². The van der Waals surface area contributed by atoms with Gasteiger partial charge in [-0.15, -0.1) is 0 Å². The Morgan fingerprint density at radius 1 is 1.24 bits per heavy atom. The van der Waals surface area contributed by atoms with Gasteiger partial charge in [-0.2, -0.15) is 15.3 Å². The summed E-state index contributed by atoms with van der Waals surface area (Å²) in [6, 6.07) is 7.07. The summed E-state index contributed by atoms with van der Waals surface area (Å²) < 4.78 is 28.4. The van der Waals surface area contributed by atoms with Crippen molar-refractivity contribution in [3.8, 4) is 11.1 Å². The quantitative estimate of drug-likeness (QED) is 0.693. The SMILES string of the molecule is CC[C@]1(c2cccc(-c3cnn(C4CC4(F)F)c3)c2)C2=CN=NC2NC2=C1C(=O)NC(C)(C)C2. The monoisotopic (exact) mass is 464 g/mol. The van der Waals surface area contributed by atoms with Gasteiger partial charge in [-0.05, 0) is 37.5 Å². The zero-order valence-corrected chi connectivity index (χ0v) is 19.3. The van der Waals surface area contributed by atoms with E-state index in [0.29, 0.717) is 18.4 Å². The molecule has 3 atom stereocenters. The molecule has 9 heteroatoms. The van der Waals surface area contributed by atoms with Crippen LogP contribution in [0.4, 0.5) is 8.78 Å². The highest BCUT2D eigenvalue weighted by Crippen LogP contribution is 2.53. The summed E-state index contributed by atoms with van der Waals surface area (Å²) in [5.41, 5.74) is 4.04. The number of hydrogen-bond acceptors (Lipinski definition) is 5. The Morgan fingerprint density at radius 3 is 2.76 bits per heavy atom. The average molecular weight is 465 g/mol. The van der Waals surface area contributed by atoms with Crippen molar-refractivity contribution in [2.45, 2.75) is 69.1 Å². The summed E-state index contributed by atoms with van der Waals surface area (Å²) in [5, 5.41) is 19.4. The summed E-state index contributed by atoms with van der Waals surface area (Å²) in [7, 11) is 0. The maximum Gasteiger partial charge on any atom is 0.272 e. The van der Waals surface area contributed by atoms with Crippen LogP contribution in [0.5, 0.6) is 0 Å². The third-order valence-electron chi connectivity index (χ3n) is 7.44. The molecule has 2 N–H and O–H groups in total. The van der Waals surface area contributed by atoms with E-state index in [1.165, 1.54) is 4.68 Å². The molecule has 1 fully saturated rings. The lowest BCUT2D eigenvalue weighted by molar-refractivity contribution is -0.120. The Bertz CT molecular complexity index is 1310. The molecule has 0 spiro atoms. The molecule has 1 aromatic heterocycles. The molecule has 4 heterocycles. The minimum atomic E-state index is -2.69. The lowest BCUT2D eigenvalue weighted by Gasteiger charge is -2.48. The van der Waals surface area contributed by atoms with Crippen LogP contribution in [0.1, 0.15) is 51.6 Å². The first kappa shape index (κ1) is 21.2. The summed E-state index contributed by atoms with van der Waals surface area (Å²) in [5.74, 6) is -2.78. The van der Waals surface area contributed by atoms with Crippen LogP contribution in [0.3, 0.4) is 0 Å². The molecule has 6 rings (SSSR count). The fourth-order valence-electron chi connectivity index (χ4n) is 5.71. The van der Waals surface area contributed by atoms with Crippen molar-refractivity contribution in [3.05, 3.63) is 65.3 Å². The Hall–Kier alpha value is -3.36. The third kappa shape index (κ3) is 2.98. The van der Waals surface area contributed by atoms with Crippen LogP contribution in [0.25, 0.3) is 11.1 Å². The number of carbonyl (C=O) groups excluding carboxylic acids is 1. The van der Waals surface area contributed by atoms with E-state index in [1.807, 2.05) is 38.1 Å². The van der Waals surface area contributed by atoms with Crippen molar-refractivity contribution >= 4 is 5.91 Å². The molecule has 3 aliphatic heterocycles. The number of aromatic nitrogens is 2. The summed E-state index contributed by atoms with van der Waals surface area (Å²) in [6.45, 7) is 6.08. The van der Waals surface area contributed by atoms with Gasteiger partial charge in [-0.1, -0.05) is 25.1 Å². The maximum atomic E-state index is 13.5. The predicted molar refractivity (Wildman–Crippen MR) is 122 cm³/mol. The van der Waals surface area contributed by atoms with Gasteiger partial charge < -0.3 is 10.6 Å². The number of azo groups is 1. The van der Waals surface area contributed by atoms with Crippen molar-refractivity contribution in [2.24, 2.45) is 10.2 Å². The number of carbonyl (C=O) groups is 1. The number of hydrogen-bond donors (Lipinski definition) is 2. The highest BCUT2D eigenvalue weighted by atomic mass is 19.3. The highest BCUT2D eigenvalue weighted by molar-refractivity contribution is 6.00. The van der Waals surface area contributed by atoms with Gasteiger partial charge in [0.15, 0.2) is 6.17 Å². The van der Waals surface area contributed by atoms with E-state index in [4.69, 9.17) is 0 Å². The fraction of sp³-hybridized carbons (Fsp3) is 0.440. The highest BCUT2D eigenvalue weighted by Gasteiger charge is 2.59. The average Bonchev–Trinajstić information content (AvgIpc) is 3.18. The van der Waals surface area contributed by atoms with Crippen molar-refractivity contribution in [1.29, 1.82) is 0 Å². The molecule has 2 aromatic rings. The number of fused-ring (bicyclic) bond motifs is 1. The number of amides is 1. The lowest BCUT2D eigenvalue weighted by atomic mass is 9.62. The molecule has 1 aliphatic carbocycles. The van der Waals surface area contributed by atoms with Crippen LogP contribution in [0.2, 0.25) is 0 Å². The second-order valence-corrected chi connectivity index (χ2v) is 10.3. The van der Waals surface area contributed by atoms with Gasteiger partial charge in [0.25, 0.3) is 11.8 Å². The number of nitrogens with one attached hydrogen (secondary N) is 2. The Balaban J connectivity index is 1.48. The van der Waals surface area contributed by atoms with Gasteiger partial charge in [0.2, 0.25) is 0 Å². The number of alkyl halides is 2. The van der Waals surface area contributed by atoms with Crippen molar-refractivity contribution < 1.29 is 13.6 Å². The standard InChI is InChI=1S/C25H26F2N6O/c1-4-24(17-12-28-32-21(17)30-18-9-23(2,3)31-22(34)20(18)24)16-7-5-6-14(8-16)15-11-29-33(13-15)19-10-25(19,26)27/h5-8,11-13,19,21,30H,4,9-10H2,1-3H3,(H,31,34)/t19?,21?,24-/m0/s1. The first-order valence-corrected chi connectivity index (χ1v) is 11.6. The topological polar surface area (TPSA) is 83.7 Å². The molecule has 0 saturated heterocycles. The third-order valence-corrected chi connectivity index (χ3v) is 7.44. The molecule has 1 amide bonds. The first-order valence-electron chi connectivity index (χ1n) is 11.6. The predicted octanol–water partition coefficient (Wildman–Crippen LogP) is 4.61. The van der Waals surface area contributed by atoms with E-state index >= 15 is 0 Å². The normalized spacial score (nSPS) is 30.3. The van der Waals surface area contributed by atoms with Gasteiger partial charge in [0.1, 0.15) is 6.04 Å². The molecular formula is C25H26F2N6O. The number of benzene rings is 1. The fourth-order valence-corrected chi connectivity index (χ4v) is 5.71. The zero-order valence-electron chi connectivity index (χ0n) is 19.3. The van der Waals surface area contributed by atoms with Gasteiger partial charge >= 0.3 is 0 Å². The van der Waals surface area contributed by atoms with Crippen LogP contribution in [-0.2, 0) is 10.2 Å². The maximum absolute atomic E-state index is 13.5. The van der Waals surface area contributed by atoms with Crippen LogP contribution >= 0.6 is 0 Å². The largest absolute Gasteiger partial charge is 0.362 e. The van der Waals surface area contributed by atoms with Crippen molar-refractivity contribution in [1.82, 2.24) is 20.4 Å². The van der Waals surface area contributed by atoms with E-state index in [-0.39, 0.29) is 24.0 Å². The molecule has 0 radical (unpaired) electrons. The molecule has 0 bridgehead atoms. The van der Waals surface area contributed by atoms with Gasteiger partial charge in [-0.25, -0.2) is 8.78 Å². The second kappa shape index (κ2) is 6.84. The van der Waals surface area contributed by atoms with Crippen LogP contribution in [-0.4, -0.2) is 33.3 Å². The molecule has 34 heavy (non-hydrogen) atoms. The van der Waals surface area contributed by atoms with Crippen LogP contribution in [0, 0.1) is 0 Å². The summed E-state index contributed by atoms with van der Waals surface area (Å²) >= 11 is 0. The van der Waals surface area contributed by atoms with E-state index in [2.05, 4.69) is 32.9 Å².